The number of rotatable bonds is 6. The fourth-order valence-electron chi connectivity index (χ4n) is 4.24. The molecule has 2 aromatic rings. The third kappa shape index (κ3) is 5.02. The summed E-state index contributed by atoms with van der Waals surface area (Å²) in [6.07, 6.45) is 5.44. The van der Waals surface area contributed by atoms with Crippen molar-refractivity contribution < 1.29 is 14.0 Å². The lowest BCUT2D eigenvalue weighted by Gasteiger charge is -2.35. The molecule has 1 aliphatic carbocycles. The van der Waals surface area contributed by atoms with Gasteiger partial charge < -0.3 is 10.1 Å². The number of urea groups is 1. The average molecular weight is 509 g/mol. The Balaban J connectivity index is 2.04. The summed E-state index contributed by atoms with van der Waals surface area (Å²) in [6, 6.07) is 9.37. The van der Waals surface area contributed by atoms with Gasteiger partial charge in [0.2, 0.25) is 0 Å². The van der Waals surface area contributed by atoms with Gasteiger partial charge in [-0.2, -0.15) is 5.26 Å². The highest BCUT2D eigenvalue weighted by Crippen LogP contribution is 2.44. The maximum atomic E-state index is 14.3. The van der Waals surface area contributed by atoms with Crippen LogP contribution in [0.3, 0.4) is 0 Å². The summed E-state index contributed by atoms with van der Waals surface area (Å²) >= 11 is 8.01. The molecule has 6 nitrogen and oxygen atoms in total. The van der Waals surface area contributed by atoms with E-state index in [4.69, 9.17) is 11.6 Å². The molecule has 35 heavy (non-hydrogen) atoms. The zero-order valence-electron chi connectivity index (χ0n) is 19.0. The average Bonchev–Trinajstić information content (AvgIpc) is 2.86. The first kappa shape index (κ1) is 24.7. The number of aldehydes is 1. The van der Waals surface area contributed by atoms with Gasteiger partial charge in [0.15, 0.2) is 0 Å². The van der Waals surface area contributed by atoms with E-state index in [-0.39, 0.29) is 18.1 Å². The molecule has 178 valence electrons. The van der Waals surface area contributed by atoms with Gasteiger partial charge in [-0.1, -0.05) is 17.2 Å². The second kappa shape index (κ2) is 10.9. The molecule has 0 bridgehead atoms. The molecule has 4 rings (SSSR count). The molecule has 0 spiro atoms. The lowest BCUT2D eigenvalue weighted by atomic mass is 9.87. The number of benzene rings is 1. The number of carbonyl (C=O) groups excluding carboxylic acids is 2. The first-order valence-electron chi connectivity index (χ1n) is 11.0. The van der Waals surface area contributed by atoms with Crippen LogP contribution in [0.4, 0.5) is 14.9 Å². The molecule has 0 atom stereocenters. The molecule has 0 saturated carbocycles. The standard InChI is InChI=1S/C26H22ClFN4O2S/c1-16-3-5-19(20-13-17(28)4-6-23(20)27)21(14-29)24-22(25(16)35-12-2-11-33)15-31-26(34)32(24)18-7-9-30-10-8-18/h4,6-11,13H,2-3,5,12,15H2,1H3,(H,31,34)/b21-19+,25-16?. The Kier molecular flexibility index (Phi) is 7.69. The number of nitrogens with zero attached hydrogens (tertiary/aromatic N) is 3. The van der Waals surface area contributed by atoms with E-state index in [1.807, 2.05) is 6.92 Å². The summed E-state index contributed by atoms with van der Waals surface area (Å²) in [4.78, 5) is 30.6. The first-order valence-corrected chi connectivity index (χ1v) is 12.4. The first-order chi connectivity index (χ1) is 17.0. The summed E-state index contributed by atoms with van der Waals surface area (Å²) in [5, 5.41) is 13.7. The maximum Gasteiger partial charge on any atom is 0.326 e. The molecule has 1 aliphatic heterocycles. The Morgan fingerprint density at radius 3 is 2.74 bits per heavy atom. The Morgan fingerprint density at radius 2 is 2.03 bits per heavy atom. The number of hydrogen-bond acceptors (Lipinski definition) is 5. The molecular weight excluding hydrogens is 487 g/mol. The van der Waals surface area contributed by atoms with Crippen LogP contribution in [-0.4, -0.2) is 29.6 Å². The van der Waals surface area contributed by atoms with E-state index in [0.717, 1.165) is 22.3 Å². The normalized spacial score (nSPS) is 18.5. The largest absolute Gasteiger partial charge is 0.333 e. The molecule has 0 fully saturated rings. The number of thioether (sulfide) groups is 1. The smallest absolute Gasteiger partial charge is 0.326 e. The zero-order chi connectivity index (χ0) is 24.9. The van der Waals surface area contributed by atoms with Crippen molar-refractivity contribution in [2.75, 3.05) is 17.2 Å². The molecule has 2 aliphatic rings. The summed E-state index contributed by atoms with van der Waals surface area (Å²) in [5.41, 5.74) is 4.08. The third-order valence-electron chi connectivity index (χ3n) is 5.85. The van der Waals surface area contributed by atoms with E-state index in [9.17, 15) is 19.2 Å². The number of allylic oxidation sites excluding steroid dienone is 3. The van der Waals surface area contributed by atoms with Crippen LogP contribution >= 0.6 is 23.4 Å². The van der Waals surface area contributed by atoms with Crippen LogP contribution in [0.25, 0.3) is 5.57 Å². The van der Waals surface area contributed by atoms with Gasteiger partial charge in [0.25, 0.3) is 0 Å². The van der Waals surface area contributed by atoms with E-state index in [2.05, 4.69) is 16.4 Å². The summed E-state index contributed by atoms with van der Waals surface area (Å²) in [7, 11) is 0. The van der Waals surface area contributed by atoms with Crippen molar-refractivity contribution in [1.82, 2.24) is 10.3 Å². The number of nitriles is 1. The molecule has 0 saturated heterocycles. The van der Waals surface area contributed by atoms with Crippen molar-refractivity contribution in [2.45, 2.75) is 26.2 Å². The number of carbonyl (C=O) groups is 2. The lowest BCUT2D eigenvalue weighted by molar-refractivity contribution is -0.107. The highest BCUT2D eigenvalue weighted by Gasteiger charge is 2.35. The molecule has 1 aromatic heterocycles. The van der Waals surface area contributed by atoms with Crippen molar-refractivity contribution in [2.24, 2.45) is 0 Å². The predicted octanol–water partition coefficient (Wildman–Crippen LogP) is 6.03. The van der Waals surface area contributed by atoms with Crippen LogP contribution < -0.4 is 10.2 Å². The molecule has 0 radical (unpaired) electrons. The zero-order valence-corrected chi connectivity index (χ0v) is 20.5. The summed E-state index contributed by atoms with van der Waals surface area (Å²) < 4.78 is 14.3. The van der Waals surface area contributed by atoms with Crippen molar-refractivity contribution in [3.63, 3.8) is 0 Å². The van der Waals surface area contributed by atoms with Gasteiger partial charge in [-0.3, -0.25) is 9.88 Å². The lowest BCUT2D eigenvalue weighted by Crippen LogP contribution is -2.46. The Hall–Kier alpha value is -3.41. The van der Waals surface area contributed by atoms with Crippen molar-refractivity contribution in [1.29, 1.82) is 5.26 Å². The third-order valence-corrected chi connectivity index (χ3v) is 7.50. The topological polar surface area (TPSA) is 86.1 Å². The number of anilines is 1. The van der Waals surface area contributed by atoms with Gasteiger partial charge in [-0.15, -0.1) is 11.8 Å². The molecule has 2 heterocycles. The van der Waals surface area contributed by atoms with Crippen LogP contribution in [0, 0.1) is 17.1 Å². The number of hydrogen-bond donors (Lipinski definition) is 1. The Labute approximate surface area is 212 Å². The van der Waals surface area contributed by atoms with Crippen molar-refractivity contribution >= 4 is 46.9 Å². The number of nitrogens with one attached hydrogen (secondary N) is 1. The Bertz CT molecular complexity index is 1310. The van der Waals surface area contributed by atoms with Gasteiger partial charge in [-0.25, -0.2) is 9.18 Å². The number of halogens is 2. The van der Waals surface area contributed by atoms with E-state index in [1.165, 1.54) is 34.9 Å². The van der Waals surface area contributed by atoms with E-state index < -0.39 is 5.82 Å². The predicted molar refractivity (Wildman–Crippen MR) is 136 cm³/mol. The van der Waals surface area contributed by atoms with Gasteiger partial charge in [0.1, 0.15) is 18.2 Å². The van der Waals surface area contributed by atoms with Gasteiger partial charge >= 0.3 is 6.03 Å². The quantitative estimate of drug-likeness (QED) is 0.380. The van der Waals surface area contributed by atoms with Gasteiger partial charge in [0, 0.05) is 52.2 Å². The second-order valence-electron chi connectivity index (χ2n) is 8.03. The van der Waals surface area contributed by atoms with E-state index >= 15 is 0 Å². The fourth-order valence-corrected chi connectivity index (χ4v) is 5.58. The molecular formula is C26H22ClFN4O2S. The molecule has 9 heteroatoms. The molecule has 1 N–H and O–H groups in total. The molecule has 0 unspecified atom stereocenters. The maximum absolute atomic E-state index is 14.3. The minimum Gasteiger partial charge on any atom is -0.333 e. The monoisotopic (exact) mass is 508 g/mol. The van der Waals surface area contributed by atoms with Crippen LogP contribution in [0.1, 0.15) is 31.7 Å². The second-order valence-corrected chi connectivity index (χ2v) is 9.54. The number of amides is 2. The van der Waals surface area contributed by atoms with E-state index in [0.29, 0.717) is 52.6 Å². The molecule has 1 aromatic carbocycles. The van der Waals surface area contributed by atoms with Crippen LogP contribution in [0.5, 0.6) is 0 Å². The highest BCUT2D eigenvalue weighted by atomic mass is 35.5. The van der Waals surface area contributed by atoms with Crippen LogP contribution in [-0.2, 0) is 4.79 Å². The number of pyridine rings is 1. The van der Waals surface area contributed by atoms with Gasteiger partial charge in [0.05, 0.1) is 17.0 Å². The molecule has 2 amide bonds. The van der Waals surface area contributed by atoms with Gasteiger partial charge in [-0.05, 0) is 55.7 Å². The highest BCUT2D eigenvalue weighted by molar-refractivity contribution is 8.03. The fraction of sp³-hybridized carbons (Fsp3) is 0.231. The van der Waals surface area contributed by atoms with Crippen molar-refractivity contribution in [3.8, 4) is 6.07 Å². The summed E-state index contributed by atoms with van der Waals surface area (Å²) in [6.45, 7) is 2.22. The SMILES string of the molecule is CC1=C(SCCC=O)C2=C(/C(C#N)=C(/c3cc(F)ccc3Cl)CC1)N(c1ccncc1)C(=O)NC2. The van der Waals surface area contributed by atoms with Crippen molar-refractivity contribution in [3.05, 3.63) is 86.5 Å². The minimum absolute atomic E-state index is 0.214. The van der Waals surface area contributed by atoms with Crippen LogP contribution in [0.2, 0.25) is 5.02 Å². The minimum atomic E-state index is -0.463. The number of aromatic nitrogens is 1. The van der Waals surface area contributed by atoms with Crippen LogP contribution in [0.15, 0.2) is 70.0 Å². The Morgan fingerprint density at radius 1 is 1.26 bits per heavy atom. The summed E-state index contributed by atoms with van der Waals surface area (Å²) in [5.74, 6) is 0.111. The van der Waals surface area contributed by atoms with E-state index in [1.54, 1.807) is 24.5 Å².